The quantitative estimate of drug-likeness (QED) is 0.851. The molecule has 1 aliphatic carbocycles. The largest absolute Gasteiger partial charge is 0.339 e. The Morgan fingerprint density at radius 1 is 1.16 bits per heavy atom. The van der Waals surface area contributed by atoms with Gasteiger partial charge in [0.05, 0.1) is 5.54 Å². The lowest BCUT2D eigenvalue weighted by molar-refractivity contribution is 0.310. The molecule has 2 aromatic rings. The summed E-state index contributed by atoms with van der Waals surface area (Å²) >= 11 is 0. The summed E-state index contributed by atoms with van der Waals surface area (Å²) in [6.45, 7) is 6.16. The van der Waals surface area contributed by atoms with Gasteiger partial charge in [-0.25, -0.2) is 0 Å². The Balaban J connectivity index is 1.94. The van der Waals surface area contributed by atoms with Gasteiger partial charge in [-0.2, -0.15) is 4.98 Å². The van der Waals surface area contributed by atoms with Crippen LogP contribution in [-0.4, -0.2) is 10.1 Å². The second kappa shape index (κ2) is 3.90. The predicted octanol–water partition coefficient (Wildman–Crippen LogP) is 2.32. The van der Waals surface area contributed by atoms with Crippen LogP contribution in [0.25, 0.3) is 0 Å². The summed E-state index contributed by atoms with van der Waals surface area (Å²) in [5, 5.41) is 4.11. The first kappa shape index (κ1) is 12.4. The van der Waals surface area contributed by atoms with Gasteiger partial charge in [-0.1, -0.05) is 50.2 Å². The zero-order valence-corrected chi connectivity index (χ0v) is 11.6. The Morgan fingerprint density at radius 3 is 2.21 bits per heavy atom. The van der Waals surface area contributed by atoms with E-state index in [9.17, 15) is 0 Å². The minimum atomic E-state index is -0.531. The lowest BCUT2D eigenvalue weighted by Gasteiger charge is -2.18. The van der Waals surface area contributed by atoms with E-state index in [2.05, 4.69) is 43.0 Å². The van der Waals surface area contributed by atoms with Gasteiger partial charge in [0.2, 0.25) is 5.89 Å². The molecule has 0 bridgehead atoms. The zero-order valence-electron chi connectivity index (χ0n) is 11.6. The Hall–Kier alpha value is -1.68. The molecule has 19 heavy (non-hydrogen) atoms. The fourth-order valence-corrected chi connectivity index (χ4v) is 2.53. The molecule has 0 unspecified atom stereocenters. The maximum absolute atomic E-state index is 6.50. The molecule has 0 atom stereocenters. The average molecular weight is 257 g/mol. The van der Waals surface area contributed by atoms with Gasteiger partial charge < -0.3 is 10.3 Å². The number of rotatable bonds is 1. The maximum atomic E-state index is 6.50. The molecule has 1 aromatic carbocycles. The Bertz CT molecular complexity index is 585. The molecular formula is C15H19N3O. The molecule has 0 saturated carbocycles. The van der Waals surface area contributed by atoms with E-state index >= 15 is 0 Å². The minimum Gasteiger partial charge on any atom is -0.339 e. The number of aromatic nitrogens is 2. The summed E-state index contributed by atoms with van der Waals surface area (Å²) in [4.78, 5) is 4.52. The first-order valence-corrected chi connectivity index (χ1v) is 6.59. The number of nitrogens with two attached hydrogens (primary N) is 1. The van der Waals surface area contributed by atoms with Gasteiger partial charge in [0, 0.05) is 5.41 Å². The normalized spacial score (nSPS) is 17.5. The van der Waals surface area contributed by atoms with E-state index in [0.29, 0.717) is 11.7 Å². The highest BCUT2D eigenvalue weighted by Gasteiger charge is 2.39. The molecule has 1 heterocycles. The van der Waals surface area contributed by atoms with E-state index in [-0.39, 0.29) is 5.41 Å². The molecule has 0 amide bonds. The van der Waals surface area contributed by atoms with Crippen molar-refractivity contribution in [3.05, 3.63) is 47.1 Å². The number of fused-ring (bicyclic) bond motifs is 1. The molecule has 0 radical (unpaired) electrons. The van der Waals surface area contributed by atoms with Crippen molar-refractivity contribution in [3.8, 4) is 0 Å². The smallest absolute Gasteiger partial charge is 0.232 e. The van der Waals surface area contributed by atoms with Crippen LogP contribution in [-0.2, 0) is 23.8 Å². The van der Waals surface area contributed by atoms with Crippen LogP contribution in [0.4, 0.5) is 0 Å². The molecule has 1 aromatic heterocycles. The Kier molecular flexibility index (Phi) is 2.54. The lowest BCUT2D eigenvalue weighted by atomic mass is 9.95. The van der Waals surface area contributed by atoms with Gasteiger partial charge in [0.15, 0.2) is 5.82 Å². The number of benzene rings is 1. The molecule has 4 nitrogen and oxygen atoms in total. The van der Waals surface area contributed by atoms with Crippen LogP contribution in [0.3, 0.4) is 0 Å². The van der Waals surface area contributed by atoms with Crippen molar-refractivity contribution in [2.24, 2.45) is 5.73 Å². The summed E-state index contributed by atoms with van der Waals surface area (Å²) in [7, 11) is 0. The van der Waals surface area contributed by atoms with E-state index in [1.54, 1.807) is 0 Å². The number of nitrogens with zero attached hydrogens (tertiary/aromatic N) is 2. The van der Waals surface area contributed by atoms with E-state index in [1.807, 2.05) is 12.1 Å². The molecule has 0 fully saturated rings. The van der Waals surface area contributed by atoms with Crippen molar-refractivity contribution >= 4 is 0 Å². The van der Waals surface area contributed by atoms with Crippen LogP contribution in [0.2, 0.25) is 0 Å². The molecule has 1 aliphatic rings. The highest BCUT2D eigenvalue weighted by atomic mass is 16.5. The van der Waals surface area contributed by atoms with Crippen LogP contribution in [0.15, 0.2) is 28.8 Å². The topological polar surface area (TPSA) is 64.9 Å². The van der Waals surface area contributed by atoms with Crippen LogP contribution >= 0.6 is 0 Å². The molecule has 0 aliphatic heterocycles. The SMILES string of the molecule is CC(C)(C)c1nc(C2(N)Cc3ccccc3C2)no1. The molecule has 3 rings (SSSR count). The van der Waals surface area contributed by atoms with E-state index in [1.165, 1.54) is 11.1 Å². The zero-order chi connectivity index (χ0) is 13.7. The molecule has 100 valence electrons. The van der Waals surface area contributed by atoms with Crippen molar-refractivity contribution in [2.45, 2.75) is 44.6 Å². The maximum Gasteiger partial charge on any atom is 0.232 e. The summed E-state index contributed by atoms with van der Waals surface area (Å²) in [6.07, 6.45) is 1.54. The third-order valence-corrected chi connectivity index (χ3v) is 3.64. The van der Waals surface area contributed by atoms with Gasteiger partial charge in [-0.3, -0.25) is 0 Å². The summed E-state index contributed by atoms with van der Waals surface area (Å²) in [5.74, 6) is 1.26. The van der Waals surface area contributed by atoms with Gasteiger partial charge in [0.1, 0.15) is 0 Å². The molecule has 0 spiro atoms. The number of hydrogen-bond donors (Lipinski definition) is 1. The van der Waals surface area contributed by atoms with Crippen LogP contribution in [0.5, 0.6) is 0 Å². The van der Waals surface area contributed by atoms with E-state index in [0.717, 1.165) is 12.8 Å². The van der Waals surface area contributed by atoms with Gasteiger partial charge in [-0.05, 0) is 24.0 Å². The molecule has 2 N–H and O–H groups in total. The van der Waals surface area contributed by atoms with Gasteiger partial charge >= 0.3 is 0 Å². The van der Waals surface area contributed by atoms with Crippen molar-refractivity contribution in [2.75, 3.05) is 0 Å². The number of hydrogen-bond acceptors (Lipinski definition) is 4. The molecule has 4 heteroatoms. The van der Waals surface area contributed by atoms with Crippen molar-refractivity contribution in [3.63, 3.8) is 0 Å². The summed E-state index contributed by atoms with van der Waals surface area (Å²) < 4.78 is 5.36. The lowest BCUT2D eigenvalue weighted by Crippen LogP contribution is -2.38. The third-order valence-electron chi connectivity index (χ3n) is 3.64. The highest BCUT2D eigenvalue weighted by Crippen LogP contribution is 2.35. The van der Waals surface area contributed by atoms with Crippen molar-refractivity contribution in [1.82, 2.24) is 10.1 Å². The van der Waals surface area contributed by atoms with E-state index in [4.69, 9.17) is 10.3 Å². The minimum absolute atomic E-state index is 0.146. The van der Waals surface area contributed by atoms with Crippen LogP contribution < -0.4 is 5.73 Å². The monoisotopic (exact) mass is 257 g/mol. The van der Waals surface area contributed by atoms with Gasteiger partial charge in [0.25, 0.3) is 0 Å². The fraction of sp³-hybridized carbons (Fsp3) is 0.467. The van der Waals surface area contributed by atoms with E-state index < -0.39 is 5.54 Å². The second-order valence-electron chi connectivity index (χ2n) is 6.45. The van der Waals surface area contributed by atoms with Crippen molar-refractivity contribution < 1.29 is 4.52 Å². The fourth-order valence-electron chi connectivity index (χ4n) is 2.53. The summed E-state index contributed by atoms with van der Waals surface area (Å²) in [5.41, 5.74) is 8.39. The first-order chi connectivity index (χ1) is 8.88. The van der Waals surface area contributed by atoms with Crippen LogP contribution in [0.1, 0.15) is 43.6 Å². The second-order valence-corrected chi connectivity index (χ2v) is 6.45. The molecular weight excluding hydrogens is 238 g/mol. The standard InChI is InChI=1S/C15H19N3O/c1-14(2,3)13-17-12(18-19-13)15(16)8-10-6-4-5-7-11(10)9-15/h4-7H,8-9,16H2,1-3H3. The average Bonchev–Trinajstić information content (AvgIpc) is 2.91. The van der Waals surface area contributed by atoms with Crippen LogP contribution in [0, 0.1) is 0 Å². The predicted molar refractivity (Wildman–Crippen MR) is 72.7 cm³/mol. The third kappa shape index (κ3) is 2.06. The first-order valence-electron chi connectivity index (χ1n) is 6.59. The Morgan fingerprint density at radius 2 is 1.74 bits per heavy atom. The summed E-state index contributed by atoms with van der Waals surface area (Å²) in [6, 6.07) is 8.33. The molecule has 0 saturated heterocycles. The van der Waals surface area contributed by atoms with Gasteiger partial charge in [-0.15, -0.1) is 0 Å². The Labute approximate surface area is 113 Å². The highest BCUT2D eigenvalue weighted by molar-refractivity contribution is 5.37. The van der Waals surface area contributed by atoms with Crippen molar-refractivity contribution in [1.29, 1.82) is 0 Å².